The summed E-state index contributed by atoms with van der Waals surface area (Å²) in [5.74, 6) is 0.654. The van der Waals surface area contributed by atoms with Gasteiger partial charge in [-0.25, -0.2) is 21.8 Å². The fourth-order valence-electron chi connectivity index (χ4n) is 3.32. The highest BCUT2D eigenvalue weighted by Crippen LogP contribution is 2.21. The van der Waals surface area contributed by atoms with Gasteiger partial charge in [-0.3, -0.25) is 5.43 Å². The number of hydrazine groups is 1. The Balaban J connectivity index is 1.74. The van der Waals surface area contributed by atoms with Gasteiger partial charge in [0.1, 0.15) is 0 Å². The molecular weight excluding hydrogens is 348 g/mol. The molecule has 2 heterocycles. The fourth-order valence-corrected chi connectivity index (χ4v) is 6.72. The first-order valence-corrected chi connectivity index (χ1v) is 11.9. The number of sulfone groups is 2. The Kier molecular flexibility index (Phi) is 5.01. The average molecular weight is 373 g/mol. The lowest BCUT2D eigenvalue weighted by Crippen LogP contribution is -2.50. The first kappa shape index (κ1) is 17.8. The Hall–Kier alpha value is -0.960. The number of hydrogen-bond acceptors (Lipinski definition) is 6. The second kappa shape index (κ2) is 6.74. The lowest BCUT2D eigenvalue weighted by Gasteiger charge is -2.31. The minimum Gasteiger partial charge on any atom is -0.250 e. The van der Waals surface area contributed by atoms with E-state index >= 15 is 0 Å². The molecule has 2 atom stereocenters. The molecule has 0 radical (unpaired) electrons. The van der Waals surface area contributed by atoms with E-state index in [0.29, 0.717) is 19.4 Å². The molecule has 0 aromatic heterocycles. The van der Waals surface area contributed by atoms with E-state index < -0.39 is 19.7 Å². The zero-order valence-electron chi connectivity index (χ0n) is 13.8. The topological polar surface area (TPSA) is 83.6 Å². The summed E-state index contributed by atoms with van der Waals surface area (Å²) in [6, 6.07) is 7.86. The van der Waals surface area contributed by atoms with Gasteiger partial charge in [-0.05, 0) is 25.3 Å². The molecule has 2 aliphatic rings. The SMILES string of the molecule is Cc1ccc(CN(N[C@H]2CCS(=O)(=O)C2)[C@H]2CCS(=O)(=O)C2)cc1. The standard InChI is InChI=1S/C16H24N2O4S2/c1-13-2-4-14(5-3-13)10-18(16-7-9-24(21,22)12-16)17-15-6-8-23(19,20)11-15/h2-5,15-17H,6-12H2,1H3/t15-,16-/m0/s1. The molecule has 0 amide bonds. The fraction of sp³-hybridized carbons (Fsp3) is 0.625. The molecule has 24 heavy (non-hydrogen) atoms. The van der Waals surface area contributed by atoms with E-state index in [9.17, 15) is 16.8 Å². The molecule has 0 saturated carbocycles. The zero-order valence-corrected chi connectivity index (χ0v) is 15.4. The third-order valence-electron chi connectivity index (χ3n) is 4.70. The van der Waals surface area contributed by atoms with Crippen LogP contribution in [0.15, 0.2) is 24.3 Å². The van der Waals surface area contributed by atoms with E-state index in [-0.39, 0.29) is 35.1 Å². The predicted octanol–water partition coefficient (Wildman–Crippen LogP) is 0.676. The molecule has 1 N–H and O–H groups in total. The molecule has 0 spiro atoms. The van der Waals surface area contributed by atoms with Gasteiger partial charge in [0.15, 0.2) is 19.7 Å². The number of nitrogens with one attached hydrogen (secondary N) is 1. The van der Waals surface area contributed by atoms with Crippen molar-refractivity contribution in [2.75, 3.05) is 23.0 Å². The van der Waals surface area contributed by atoms with Gasteiger partial charge in [-0.15, -0.1) is 0 Å². The minimum absolute atomic E-state index is 0.111. The van der Waals surface area contributed by atoms with E-state index in [4.69, 9.17) is 0 Å². The van der Waals surface area contributed by atoms with Crippen molar-refractivity contribution in [2.45, 2.75) is 38.4 Å². The van der Waals surface area contributed by atoms with E-state index in [2.05, 4.69) is 5.43 Å². The Morgan fingerprint density at radius 1 is 1.00 bits per heavy atom. The van der Waals surface area contributed by atoms with E-state index in [1.54, 1.807) is 0 Å². The van der Waals surface area contributed by atoms with Gasteiger partial charge in [0.2, 0.25) is 0 Å². The van der Waals surface area contributed by atoms with Crippen molar-refractivity contribution in [3.63, 3.8) is 0 Å². The first-order valence-electron chi connectivity index (χ1n) is 8.22. The molecule has 0 aliphatic carbocycles. The molecule has 1 aromatic carbocycles. The number of hydrogen-bond donors (Lipinski definition) is 1. The largest absolute Gasteiger partial charge is 0.250 e. The highest BCUT2D eigenvalue weighted by molar-refractivity contribution is 7.91. The van der Waals surface area contributed by atoms with Crippen molar-refractivity contribution in [3.8, 4) is 0 Å². The van der Waals surface area contributed by atoms with Crippen LogP contribution in [-0.4, -0.2) is 56.9 Å². The summed E-state index contributed by atoms with van der Waals surface area (Å²) in [4.78, 5) is 0. The van der Waals surface area contributed by atoms with Gasteiger partial charge >= 0.3 is 0 Å². The lowest BCUT2D eigenvalue weighted by molar-refractivity contribution is 0.108. The second-order valence-corrected chi connectivity index (χ2v) is 11.4. The highest BCUT2D eigenvalue weighted by Gasteiger charge is 2.35. The average Bonchev–Trinajstić information content (AvgIpc) is 3.02. The molecule has 8 heteroatoms. The Morgan fingerprint density at radius 2 is 1.62 bits per heavy atom. The second-order valence-electron chi connectivity index (χ2n) is 6.90. The maximum atomic E-state index is 11.8. The summed E-state index contributed by atoms with van der Waals surface area (Å²) in [5.41, 5.74) is 5.56. The van der Waals surface area contributed by atoms with Crippen molar-refractivity contribution in [3.05, 3.63) is 35.4 Å². The van der Waals surface area contributed by atoms with Crippen LogP contribution in [0.25, 0.3) is 0 Å². The molecule has 3 rings (SSSR count). The van der Waals surface area contributed by atoms with Gasteiger partial charge in [0.25, 0.3) is 0 Å². The summed E-state index contributed by atoms with van der Waals surface area (Å²) >= 11 is 0. The maximum Gasteiger partial charge on any atom is 0.151 e. The molecule has 2 aliphatic heterocycles. The van der Waals surface area contributed by atoms with Gasteiger partial charge in [0, 0.05) is 18.6 Å². The van der Waals surface area contributed by atoms with Gasteiger partial charge in [-0.2, -0.15) is 0 Å². The number of nitrogens with zero attached hydrogens (tertiary/aromatic N) is 1. The first-order chi connectivity index (χ1) is 11.2. The van der Waals surface area contributed by atoms with Crippen LogP contribution in [0.4, 0.5) is 0 Å². The summed E-state index contributed by atoms with van der Waals surface area (Å²) in [5, 5.41) is 1.95. The summed E-state index contributed by atoms with van der Waals surface area (Å²) in [6.07, 6.45) is 1.16. The molecule has 2 saturated heterocycles. The highest BCUT2D eigenvalue weighted by atomic mass is 32.2. The van der Waals surface area contributed by atoms with Crippen LogP contribution >= 0.6 is 0 Å². The van der Waals surface area contributed by atoms with E-state index in [1.165, 1.54) is 5.56 Å². The third kappa shape index (κ3) is 4.56. The normalized spacial score (nSPS) is 28.4. The molecule has 1 aromatic rings. The molecule has 0 unspecified atom stereocenters. The van der Waals surface area contributed by atoms with E-state index in [0.717, 1.165) is 5.56 Å². The van der Waals surface area contributed by atoms with Crippen molar-refractivity contribution < 1.29 is 16.8 Å². The molecule has 2 fully saturated rings. The Bertz CT molecular complexity index is 788. The monoisotopic (exact) mass is 372 g/mol. The summed E-state index contributed by atoms with van der Waals surface area (Å²) in [7, 11) is -5.97. The Morgan fingerprint density at radius 3 is 2.17 bits per heavy atom. The molecule has 134 valence electrons. The van der Waals surface area contributed by atoms with Crippen LogP contribution in [0.3, 0.4) is 0 Å². The van der Waals surface area contributed by atoms with Crippen LogP contribution in [-0.2, 0) is 26.2 Å². The van der Waals surface area contributed by atoms with Crippen molar-refractivity contribution in [1.29, 1.82) is 0 Å². The zero-order chi connectivity index (χ0) is 17.4. The van der Waals surface area contributed by atoms with Crippen molar-refractivity contribution in [1.82, 2.24) is 10.4 Å². The van der Waals surface area contributed by atoms with E-state index in [1.807, 2.05) is 36.2 Å². The maximum absolute atomic E-state index is 11.8. The quantitative estimate of drug-likeness (QED) is 0.765. The summed E-state index contributed by atoms with van der Waals surface area (Å²) < 4.78 is 47.0. The van der Waals surface area contributed by atoms with Crippen LogP contribution in [0.5, 0.6) is 0 Å². The molecule has 0 bridgehead atoms. The number of rotatable bonds is 5. The summed E-state index contributed by atoms with van der Waals surface area (Å²) in [6.45, 7) is 2.59. The van der Waals surface area contributed by atoms with Crippen molar-refractivity contribution >= 4 is 19.7 Å². The van der Waals surface area contributed by atoms with Gasteiger partial charge in [0.05, 0.1) is 23.0 Å². The smallest absolute Gasteiger partial charge is 0.151 e. The van der Waals surface area contributed by atoms with Crippen LogP contribution in [0.1, 0.15) is 24.0 Å². The predicted molar refractivity (Wildman–Crippen MR) is 94.0 cm³/mol. The van der Waals surface area contributed by atoms with Crippen molar-refractivity contribution in [2.24, 2.45) is 0 Å². The minimum atomic E-state index is -3.00. The number of aryl methyl sites for hydroxylation is 1. The molecule has 6 nitrogen and oxygen atoms in total. The lowest BCUT2D eigenvalue weighted by atomic mass is 10.1. The Labute approximate surface area is 144 Å². The third-order valence-corrected chi connectivity index (χ3v) is 8.22. The van der Waals surface area contributed by atoms with Crippen LogP contribution in [0, 0.1) is 6.92 Å². The van der Waals surface area contributed by atoms with Crippen LogP contribution in [0.2, 0.25) is 0 Å². The van der Waals surface area contributed by atoms with Gasteiger partial charge < -0.3 is 0 Å². The number of benzene rings is 1. The van der Waals surface area contributed by atoms with Gasteiger partial charge in [-0.1, -0.05) is 29.8 Å². The molecular formula is C16H24N2O4S2. The van der Waals surface area contributed by atoms with Crippen LogP contribution < -0.4 is 5.43 Å².